The van der Waals surface area contributed by atoms with Gasteiger partial charge in [0.2, 0.25) is 0 Å². The van der Waals surface area contributed by atoms with E-state index in [1.165, 1.54) is 5.75 Å². The van der Waals surface area contributed by atoms with E-state index in [-0.39, 0.29) is 0 Å². The normalized spacial score (nSPS) is 20.0. The zero-order valence-corrected chi connectivity index (χ0v) is 13.0. The van der Waals surface area contributed by atoms with Gasteiger partial charge in [0.1, 0.15) is 0 Å². The lowest BCUT2D eigenvalue weighted by atomic mass is 10.1. The smallest absolute Gasteiger partial charge is 0.0693 e. The Bertz CT molecular complexity index is 426. The highest BCUT2D eigenvalue weighted by Gasteiger charge is 2.26. The van der Waals surface area contributed by atoms with Gasteiger partial charge in [-0.25, -0.2) is 0 Å². The third kappa shape index (κ3) is 3.47. The molecular formula is C13H18Cl2N2S. The summed E-state index contributed by atoms with van der Waals surface area (Å²) >= 11 is 14.2. The average molecular weight is 305 g/mol. The van der Waals surface area contributed by atoms with Crippen molar-refractivity contribution in [3.8, 4) is 0 Å². The molecule has 1 saturated heterocycles. The van der Waals surface area contributed by atoms with Gasteiger partial charge < -0.3 is 5.73 Å². The molecule has 0 bridgehead atoms. The fourth-order valence-electron chi connectivity index (χ4n) is 2.24. The molecule has 1 fully saturated rings. The van der Waals surface area contributed by atoms with Crippen LogP contribution in [0.15, 0.2) is 12.1 Å². The molecule has 0 amide bonds. The summed E-state index contributed by atoms with van der Waals surface area (Å²) in [5.74, 6) is 1.17. The van der Waals surface area contributed by atoms with Gasteiger partial charge in [0.25, 0.3) is 0 Å². The van der Waals surface area contributed by atoms with Crippen molar-refractivity contribution in [3.63, 3.8) is 0 Å². The number of hydrogen-bond acceptors (Lipinski definition) is 3. The lowest BCUT2D eigenvalue weighted by Crippen LogP contribution is -2.42. The van der Waals surface area contributed by atoms with E-state index in [9.17, 15) is 0 Å². The van der Waals surface area contributed by atoms with Crippen LogP contribution in [0.1, 0.15) is 19.4 Å². The number of benzene rings is 1. The van der Waals surface area contributed by atoms with E-state index in [1.807, 2.05) is 23.9 Å². The summed E-state index contributed by atoms with van der Waals surface area (Å²) in [6.07, 6.45) is 0. The van der Waals surface area contributed by atoms with Gasteiger partial charge in [-0.3, -0.25) is 4.90 Å². The van der Waals surface area contributed by atoms with E-state index in [1.54, 1.807) is 0 Å². The van der Waals surface area contributed by atoms with E-state index < -0.39 is 0 Å². The molecular weight excluding hydrogens is 287 g/mol. The number of halogens is 2. The molecule has 2 rings (SSSR count). The minimum atomic E-state index is 0.319. The topological polar surface area (TPSA) is 29.3 Å². The van der Waals surface area contributed by atoms with Gasteiger partial charge >= 0.3 is 0 Å². The predicted octanol–water partition coefficient (Wildman–Crippen LogP) is 3.90. The Morgan fingerprint density at radius 1 is 1.33 bits per heavy atom. The Labute approximate surface area is 123 Å². The Morgan fingerprint density at radius 2 is 1.94 bits per heavy atom. The fourth-order valence-corrected chi connectivity index (χ4v) is 3.94. The van der Waals surface area contributed by atoms with Crippen molar-refractivity contribution < 1.29 is 0 Å². The zero-order valence-electron chi connectivity index (χ0n) is 10.7. The van der Waals surface area contributed by atoms with Crippen LogP contribution >= 0.6 is 35.0 Å². The maximum Gasteiger partial charge on any atom is 0.0693 e. The van der Waals surface area contributed by atoms with Crippen molar-refractivity contribution in [2.24, 2.45) is 0 Å². The van der Waals surface area contributed by atoms with Crippen LogP contribution in [0.4, 0.5) is 5.69 Å². The van der Waals surface area contributed by atoms with Crippen LogP contribution in [0.5, 0.6) is 0 Å². The molecule has 1 aromatic rings. The molecule has 18 heavy (non-hydrogen) atoms. The Hall–Kier alpha value is -0.0900. The van der Waals surface area contributed by atoms with Gasteiger partial charge in [-0.15, -0.1) is 0 Å². The molecule has 0 atom stereocenters. The highest BCUT2D eigenvalue weighted by atomic mass is 35.5. The van der Waals surface area contributed by atoms with Crippen molar-refractivity contribution in [2.75, 3.05) is 24.6 Å². The number of nitrogens with zero attached hydrogens (tertiary/aromatic N) is 1. The van der Waals surface area contributed by atoms with Crippen molar-refractivity contribution in [1.82, 2.24) is 4.90 Å². The summed E-state index contributed by atoms with van der Waals surface area (Å²) in [6.45, 7) is 7.63. The molecule has 1 heterocycles. The predicted molar refractivity (Wildman–Crippen MR) is 82.7 cm³/mol. The van der Waals surface area contributed by atoms with Crippen LogP contribution in [0.25, 0.3) is 0 Å². The number of thioether (sulfide) groups is 1. The summed E-state index contributed by atoms with van der Waals surface area (Å²) in [6, 6.07) is 3.83. The molecule has 0 aromatic heterocycles. The maximum atomic E-state index is 6.06. The fraction of sp³-hybridized carbons (Fsp3) is 0.538. The minimum absolute atomic E-state index is 0.319. The number of rotatable bonds is 2. The monoisotopic (exact) mass is 304 g/mol. The van der Waals surface area contributed by atoms with E-state index >= 15 is 0 Å². The molecule has 100 valence electrons. The third-order valence-electron chi connectivity index (χ3n) is 3.05. The van der Waals surface area contributed by atoms with Crippen LogP contribution in [0, 0.1) is 0 Å². The number of nitrogens with two attached hydrogens (primary N) is 1. The molecule has 0 unspecified atom stereocenters. The second kappa shape index (κ2) is 5.49. The van der Waals surface area contributed by atoms with Crippen LogP contribution in [0.2, 0.25) is 10.0 Å². The lowest BCUT2D eigenvalue weighted by Gasteiger charge is -2.37. The Balaban J connectivity index is 2.10. The van der Waals surface area contributed by atoms with Crippen LogP contribution < -0.4 is 5.73 Å². The molecule has 2 nitrogen and oxygen atoms in total. The molecule has 0 saturated carbocycles. The number of anilines is 1. The highest BCUT2D eigenvalue weighted by molar-refractivity contribution is 8.00. The molecule has 5 heteroatoms. The molecule has 1 aromatic carbocycles. The minimum Gasteiger partial charge on any atom is -0.396 e. The Kier molecular flexibility index (Phi) is 4.37. The first-order valence-electron chi connectivity index (χ1n) is 5.97. The molecule has 0 aliphatic carbocycles. The molecule has 1 aliphatic heterocycles. The summed E-state index contributed by atoms with van der Waals surface area (Å²) in [7, 11) is 0. The summed E-state index contributed by atoms with van der Waals surface area (Å²) in [4.78, 5) is 2.44. The van der Waals surface area contributed by atoms with Gasteiger partial charge in [-0.05, 0) is 31.5 Å². The second-order valence-electron chi connectivity index (χ2n) is 5.29. The summed E-state index contributed by atoms with van der Waals surface area (Å²) < 4.78 is 0.319. The van der Waals surface area contributed by atoms with Gasteiger partial charge in [0, 0.05) is 30.1 Å². The second-order valence-corrected chi connectivity index (χ2v) is 7.91. The SMILES string of the molecule is CC1(C)CN(Cc2cc(Cl)c(N)c(Cl)c2)CCS1. The van der Waals surface area contributed by atoms with Crippen LogP contribution in [-0.2, 0) is 6.54 Å². The quantitative estimate of drug-likeness (QED) is 0.840. The van der Waals surface area contributed by atoms with Crippen LogP contribution in [-0.4, -0.2) is 28.5 Å². The number of nitrogen functional groups attached to an aromatic ring is 1. The average Bonchev–Trinajstić information content (AvgIpc) is 2.24. The largest absolute Gasteiger partial charge is 0.396 e. The van der Waals surface area contributed by atoms with Crippen molar-refractivity contribution in [2.45, 2.75) is 25.1 Å². The summed E-state index contributed by atoms with van der Waals surface area (Å²) in [5.41, 5.74) is 7.34. The van der Waals surface area contributed by atoms with Gasteiger partial charge in [0.15, 0.2) is 0 Å². The van der Waals surface area contributed by atoms with E-state index in [0.717, 1.165) is 25.2 Å². The Morgan fingerprint density at radius 3 is 2.50 bits per heavy atom. The highest BCUT2D eigenvalue weighted by Crippen LogP contribution is 2.32. The van der Waals surface area contributed by atoms with E-state index in [2.05, 4.69) is 18.7 Å². The first-order valence-corrected chi connectivity index (χ1v) is 7.71. The van der Waals surface area contributed by atoms with E-state index in [0.29, 0.717) is 20.5 Å². The summed E-state index contributed by atoms with van der Waals surface area (Å²) in [5, 5.41) is 1.09. The van der Waals surface area contributed by atoms with Gasteiger partial charge in [-0.1, -0.05) is 23.2 Å². The maximum absolute atomic E-state index is 6.06. The molecule has 0 radical (unpaired) electrons. The van der Waals surface area contributed by atoms with Crippen molar-refractivity contribution in [1.29, 1.82) is 0 Å². The van der Waals surface area contributed by atoms with Gasteiger partial charge in [0.05, 0.1) is 15.7 Å². The van der Waals surface area contributed by atoms with Crippen molar-refractivity contribution in [3.05, 3.63) is 27.7 Å². The molecule has 0 spiro atoms. The zero-order chi connectivity index (χ0) is 13.3. The standard InChI is InChI=1S/C13H18Cl2N2S/c1-13(2)8-17(3-4-18-13)7-9-5-10(14)12(16)11(15)6-9/h5-6H,3-4,7-8,16H2,1-2H3. The first-order chi connectivity index (χ1) is 8.37. The molecule has 1 aliphatic rings. The van der Waals surface area contributed by atoms with Gasteiger partial charge in [-0.2, -0.15) is 11.8 Å². The lowest BCUT2D eigenvalue weighted by molar-refractivity contribution is 0.252. The third-order valence-corrected chi connectivity index (χ3v) is 4.97. The van der Waals surface area contributed by atoms with E-state index in [4.69, 9.17) is 28.9 Å². The molecule has 2 N–H and O–H groups in total. The number of hydrogen-bond donors (Lipinski definition) is 1. The van der Waals surface area contributed by atoms with Crippen LogP contribution in [0.3, 0.4) is 0 Å². The van der Waals surface area contributed by atoms with Crippen molar-refractivity contribution >= 4 is 40.7 Å². The first kappa shape index (κ1) is 14.3.